The van der Waals surface area contributed by atoms with E-state index in [9.17, 15) is 9.59 Å². The summed E-state index contributed by atoms with van der Waals surface area (Å²) >= 11 is 0. The van der Waals surface area contributed by atoms with E-state index in [-0.39, 0.29) is 28.4 Å². The second-order valence-corrected chi connectivity index (χ2v) is 8.10. The maximum Gasteiger partial charge on any atom is 0.338 e. The minimum atomic E-state index is -0.308. The number of hydrogen-bond acceptors (Lipinski definition) is 3. The van der Waals surface area contributed by atoms with Crippen molar-refractivity contribution >= 4 is 11.8 Å². The van der Waals surface area contributed by atoms with Gasteiger partial charge in [-0.15, -0.1) is 0 Å². The number of carbonyl (C=O) groups is 2. The molecule has 0 radical (unpaired) electrons. The van der Waals surface area contributed by atoms with Crippen LogP contribution in [0.1, 0.15) is 55.8 Å². The standard InChI is InChI=1S/C20H26NO3.BrH/c1-2-24-19(23)17-3-5-21(6-4-17)13-18(22)20-10-14-7-15(11-20)9-16(8-14)12-20;/h3-6,14-16H,2,7-13H2,1H3;1H/q+1;/p-1. The van der Waals surface area contributed by atoms with Crippen molar-refractivity contribution in [3.05, 3.63) is 30.1 Å². The smallest absolute Gasteiger partial charge is 0.338 e. The van der Waals surface area contributed by atoms with Gasteiger partial charge in [0, 0.05) is 17.5 Å². The number of halogens is 1. The molecular formula is C20H26BrNO3. The number of rotatable bonds is 5. The summed E-state index contributed by atoms with van der Waals surface area (Å²) < 4.78 is 6.90. The number of esters is 1. The molecule has 5 heteroatoms. The molecule has 25 heavy (non-hydrogen) atoms. The Kier molecular flexibility index (Phi) is 5.33. The first kappa shape index (κ1) is 18.6. The van der Waals surface area contributed by atoms with Gasteiger partial charge in [-0.25, -0.2) is 4.79 Å². The van der Waals surface area contributed by atoms with Crippen LogP contribution in [0.25, 0.3) is 0 Å². The first-order chi connectivity index (χ1) is 11.6. The molecule has 0 atom stereocenters. The summed E-state index contributed by atoms with van der Waals surface area (Å²) in [5, 5.41) is 0. The van der Waals surface area contributed by atoms with Gasteiger partial charge in [-0.2, -0.15) is 4.57 Å². The molecular weight excluding hydrogens is 382 g/mol. The zero-order valence-electron chi connectivity index (χ0n) is 14.7. The first-order valence-corrected chi connectivity index (χ1v) is 9.27. The van der Waals surface area contributed by atoms with E-state index in [0.29, 0.717) is 24.5 Å². The Balaban J connectivity index is 0.00000182. The summed E-state index contributed by atoms with van der Waals surface area (Å²) in [5.41, 5.74) is 0.483. The highest BCUT2D eigenvalue weighted by atomic mass is 79.9. The molecule has 136 valence electrons. The van der Waals surface area contributed by atoms with Crippen molar-refractivity contribution in [2.45, 2.75) is 52.0 Å². The Morgan fingerprint density at radius 2 is 1.60 bits per heavy atom. The van der Waals surface area contributed by atoms with Crippen LogP contribution in [0.4, 0.5) is 0 Å². The van der Waals surface area contributed by atoms with Crippen LogP contribution < -0.4 is 21.5 Å². The fraction of sp³-hybridized carbons (Fsp3) is 0.650. The van der Waals surface area contributed by atoms with E-state index in [4.69, 9.17) is 4.74 Å². The molecule has 0 unspecified atom stereocenters. The Morgan fingerprint density at radius 3 is 2.08 bits per heavy atom. The molecule has 0 spiro atoms. The summed E-state index contributed by atoms with van der Waals surface area (Å²) in [6.07, 6.45) is 11.0. The zero-order valence-corrected chi connectivity index (χ0v) is 16.3. The Hall–Kier alpha value is -1.23. The van der Waals surface area contributed by atoms with E-state index in [1.807, 2.05) is 17.0 Å². The van der Waals surface area contributed by atoms with Gasteiger partial charge in [-0.1, -0.05) is 0 Å². The minimum absolute atomic E-state index is 0. The van der Waals surface area contributed by atoms with Crippen LogP contribution in [-0.2, 0) is 16.1 Å². The lowest BCUT2D eigenvalue weighted by Gasteiger charge is -2.55. The highest BCUT2D eigenvalue weighted by Crippen LogP contribution is 2.60. The molecule has 4 aliphatic rings. The fourth-order valence-electron chi connectivity index (χ4n) is 5.70. The monoisotopic (exact) mass is 407 g/mol. The van der Waals surface area contributed by atoms with Crippen LogP contribution in [0, 0.1) is 23.2 Å². The maximum atomic E-state index is 13.1. The van der Waals surface area contributed by atoms with E-state index < -0.39 is 0 Å². The van der Waals surface area contributed by atoms with E-state index in [1.54, 1.807) is 19.1 Å². The van der Waals surface area contributed by atoms with Crippen molar-refractivity contribution in [3.8, 4) is 0 Å². The molecule has 1 aromatic heterocycles. The molecule has 0 N–H and O–H groups in total. The highest BCUT2D eigenvalue weighted by Gasteiger charge is 2.54. The lowest BCUT2D eigenvalue weighted by atomic mass is 9.48. The molecule has 4 bridgehead atoms. The number of aromatic nitrogens is 1. The van der Waals surface area contributed by atoms with Gasteiger partial charge in [0.05, 0.1) is 12.2 Å². The van der Waals surface area contributed by atoms with Gasteiger partial charge >= 0.3 is 5.97 Å². The van der Waals surface area contributed by atoms with Gasteiger partial charge in [0.1, 0.15) is 0 Å². The van der Waals surface area contributed by atoms with Crippen LogP contribution in [-0.4, -0.2) is 18.4 Å². The van der Waals surface area contributed by atoms with Gasteiger partial charge in [-0.05, 0) is 63.2 Å². The van der Waals surface area contributed by atoms with Gasteiger partial charge in [0.2, 0.25) is 12.3 Å². The van der Waals surface area contributed by atoms with Crippen molar-refractivity contribution in [1.29, 1.82) is 0 Å². The first-order valence-electron chi connectivity index (χ1n) is 9.27. The third kappa shape index (κ3) is 3.53. The Bertz CT molecular complexity index is 620. The third-order valence-electron chi connectivity index (χ3n) is 6.36. The van der Waals surface area contributed by atoms with Crippen molar-refractivity contribution in [3.63, 3.8) is 0 Å². The van der Waals surface area contributed by atoms with Gasteiger partial charge in [0.25, 0.3) is 0 Å². The predicted molar refractivity (Wildman–Crippen MR) is 88.2 cm³/mol. The molecule has 4 aliphatic carbocycles. The zero-order chi connectivity index (χ0) is 16.7. The summed E-state index contributed by atoms with van der Waals surface area (Å²) in [5.74, 6) is 2.46. The largest absolute Gasteiger partial charge is 1.00 e. The molecule has 0 saturated heterocycles. The van der Waals surface area contributed by atoms with Crippen molar-refractivity contribution < 1.29 is 35.9 Å². The molecule has 0 aliphatic heterocycles. The minimum Gasteiger partial charge on any atom is -1.00 e. The number of pyridine rings is 1. The van der Waals surface area contributed by atoms with E-state index >= 15 is 0 Å². The van der Waals surface area contributed by atoms with Crippen LogP contribution in [0.3, 0.4) is 0 Å². The van der Waals surface area contributed by atoms with E-state index in [1.165, 1.54) is 19.3 Å². The summed E-state index contributed by atoms with van der Waals surface area (Å²) in [6, 6.07) is 3.48. The molecule has 0 aromatic carbocycles. The molecule has 4 nitrogen and oxygen atoms in total. The lowest BCUT2D eigenvalue weighted by Crippen LogP contribution is -3.00. The fourth-order valence-corrected chi connectivity index (χ4v) is 5.70. The average molecular weight is 408 g/mol. The Labute approximate surface area is 159 Å². The second kappa shape index (κ2) is 7.18. The quantitative estimate of drug-likeness (QED) is 0.507. The number of hydrogen-bond donors (Lipinski definition) is 0. The highest BCUT2D eigenvalue weighted by molar-refractivity contribution is 5.89. The van der Waals surface area contributed by atoms with E-state index in [2.05, 4.69) is 0 Å². The van der Waals surface area contributed by atoms with Crippen LogP contribution in [0.15, 0.2) is 24.5 Å². The maximum absolute atomic E-state index is 13.1. The third-order valence-corrected chi connectivity index (χ3v) is 6.36. The van der Waals surface area contributed by atoms with Gasteiger partial charge in [-0.3, -0.25) is 4.79 Å². The average Bonchev–Trinajstić information content (AvgIpc) is 2.54. The summed E-state index contributed by atoms with van der Waals surface area (Å²) in [7, 11) is 0. The van der Waals surface area contributed by atoms with Crippen LogP contribution in [0.2, 0.25) is 0 Å². The number of Topliss-reactive ketones (excluding diaryl/α,β-unsaturated/α-hetero) is 1. The SMILES string of the molecule is CCOC(=O)c1cc[n+](CC(=O)C23CC4CC(CC(C4)C2)C3)cc1.[Br-]. The molecule has 4 saturated carbocycles. The normalized spacial score (nSPS) is 32.1. The number of nitrogens with zero attached hydrogens (tertiary/aromatic N) is 1. The molecule has 4 fully saturated rings. The molecule has 1 heterocycles. The molecule has 0 amide bonds. The van der Waals surface area contributed by atoms with Crippen molar-refractivity contribution in [1.82, 2.24) is 0 Å². The Morgan fingerprint density at radius 1 is 1.08 bits per heavy atom. The topological polar surface area (TPSA) is 47.2 Å². The molecule has 1 aromatic rings. The van der Waals surface area contributed by atoms with Crippen LogP contribution in [0.5, 0.6) is 0 Å². The van der Waals surface area contributed by atoms with Crippen molar-refractivity contribution in [2.24, 2.45) is 23.2 Å². The van der Waals surface area contributed by atoms with Gasteiger partial charge < -0.3 is 21.7 Å². The van der Waals surface area contributed by atoms with Crippen LogP contribution >= 0.6 is 0 Å². The lowest BCUT2D eigenvalue weighted by molar-refractivity contribution is -0.685. The van der Waals surface area contributed by atoms with E-state index in [0.717, 1.165) is 37.0 Å². The van der Waals surface area contributed by atoms with Gasteiger partial charge in [0.15, 0.2) is 12.4 Å². The summed E-state index contributed by atoms with van der Waals surface area (Å²) in [6.45, 7) is 2.60. The second-order valence-electron chi connectivity index (χ2n) is 8.10. The number of carbonyl (C=O) groups excluding carboxylic acids is 2. The summed E-state index contributed by atoms with van der Waals surface area (Å²) in [4.78, 5) is 24.8. The predicted octanol–water partition coefficient (Wildman–Crippen LogP) is -0.0597. The number of ketones is 1. The molecule has 5 rings (SSSR count). The number of ether oxygens (including phenoxy) is 1. The van der Waals surface area contributed by atoms with Crippen molar-refractivity contribution in [2.75, 3.05) is 6.61 Å².